The second kappa shape index (κ2) is 8.56. The Hall–Kier alpha value is -3.35. The number of nitrogens with one attached hydrogen (secondary N) is 3. The van der Waals surface area contributed by atoms with Crippen molar-refractivity contribution in [1.29, 1.82) is 0 Å². The second-order valence-electron chi connectivity index (χ2n) is 7.11. The number of hydrogen-bond donors (Lipinski definition) is 3. The smallest absolute Gasteiger partial charge is 0.321 e. The second-order valence-corrected chi connectivity index (χ2v) is 7.11. The molecule has 28 heavy (non-hydrogen) atoms. The van der Waals surface area contributed by atoms with Gasteiger partial charge in [0.1, 0.15) is 0 Å². The molecule has 7 nitrogen and oxygen atoms in total. The molecule has 0 atom stereocenters. The molecule has 0 spiro atoms. The summed E-state index contributed by atoms with van der Waals surface area (Å²) >= 11 is 0. The number of rotatable bonds is 6. The maximum absolute atomic E-state index is 12.4. The summed E-state index contributed by atoms with van der Waals surface area (Å²) in [5.41, 5.74) is 2.58. The number of urea groups is 1. The molecule has 0 radical (unpaired) electrons. The molecule has 0 saturated carbocycles. The lowest BCUT2D eigenvalue weighted by atomic mass is 10.1. The summed E-state index contributed by atoms with van der Waals surface area (Å²) in [4.78, 5) is 37.5. The lowest BCUT2D eigenvalue weighted by Crippen LogP contribution is -2.27. The minimum absolute atomic E-state index is 0.0291. The number of anilines is 3. The fourth-order valence-electron chi connectivity index (χ4n) is 2.93. The van der Waals surface area contributed by atoms with E-state index < -0.39 is 0 Å². The van der Waals surface area contributed by atoms with Crippen LogP contribution in [0.2, 0.25) is 0 Å². The van der Waals surface area contributed by atoms with Crippen molar-refractivity contribution in [3.05, 3.63) is 54.1 Å². The van der Waals surface area contributed by atoms with E-state index >= 15 is 0 Å². The summed E-state index contributed by atoms with van der Waals surface area (Å²) in [5, 5.41) is 8.40. The normalized spacial score (nSPS) is 13.4. The van der Waals surface area contributed by atoms with Gasteiger partial charge in [-0.15, -0.1) is 0 Å². The first kappa shape index (κ1) is 19.4. The Kier molecular flexibility index (Phi) is 5.93. The highest BCUT2D eigenvalue weighted by Gasteiger charge is 2.21. The van der Waals surface area contributed by atoms with Gasteiger partial charge in [0.15, 0.2) is 0 Å². The van der Waals surface area contributed by atoms with Crippen LogP contribution in [0.25, 0.3) is 0 Å². The van der Waals surface area contributed by atoms with Gasteiger partial charge < -0.3 is 16.0 Å². The highest BCUT2D eigenvalue weighted by molar-refractivity contribution is 6.05. The SMILES string of the molecule is CC(C)CC(=O)Nc1ccc(NC(=O)c2ccc(N3CCNC3=O)cc2)cc1. The van der Waals surface area contributed by atoms with Gasteiger partial charge in [0.25, 0.3) is 5.91 Å². The van der Waals surface area contributed by atoms with Crippen molar-refractivity contribution in [2.45, 2.75) is 20.3 Å². The van der Waals surface area contributed by atoms with Gasteiger partial charge in [-0.05, 0) is 54.4 Å². The van der Waals surface area contributed by atoms with E-state index in [-0.39, 0.29) is 17.8 Å². The van der Waals surface area contributed by atoms with Crippen molar-refractivity contribution < 1.29 is 14.4 Å². The van der Waals surface area contributed by atoms with Gasteiger partial charge in [-0.1, -0.05) is 13.8 Å². The summed E-state index contributed by atoms with van der Waals surface area (Å²) in [6.45, 7) is 5.22. The fraction of sp³-hybridized carbons (Fsp3) is 0.286. The Balaban J connectivity index is 1.58. The third-order valence-electron chi connectivity index (χ3n) is 4.32. The summed E-state index contributed by atoms with van der Waals surface area (Å²) < 4.78 is 0. The van der Waals surface area contributed by atoms with Crippen LogP contribution in [-0.2, 0) is 4.79 Å². The van der Waals surface area contributed by atoms with E-state index in [1.54, 1.807) is 53.4 Å². The van der Waals surface area contributed by atoms with Gasteiger partial charge in [0, 0.05) is 42.1 Å². The molecule has 4 amide bonds. The number of amides is 4. The number of carbonyl (C=O) groups is 3. The van der Waals surface area contributed by atoms with Crippen molar-refractivity contribution >= 4 is 34.9 Å². The first-order chi connectivity index (χ1) is 13.4. The molecular weight excluding hydrogens is 356 g/mol. The lowest BCUT2D eigenvalue weighted by molar-refractivity contribution is -0.116. The van der Waals surface area contributed by atoms with Crippen LogP contribution >= 0.6 is 0 Å². The predicted octanol–water partition coefficient (Wildman–Crippen LogP) is 3.45. The van der Waals surface area contributed by atoms with Gasteiger partial charge in [0.05, 0.1) is 0 Å². The van der Waals surface area contributed by atoms with Crippen LogP contribution in [0, 0.1) is 5.92 Å². The van der Waals surface area contributed by atoms with E-state index in [1.165, 1.54) is 0 Å². The fourth-order valence-corrected chi connectivity index (χ4v) is 2.93. The first-order valence-electron chi connectivity index (χ1n) is 9.29. The molecule has 146 valence electrons. The van der Waals surface area contributed by atoms with Crippen LogP contribution in [-0.4, -0.2) is 30.9 Å². The van der Waals surface area contributed by atoms with Gasteiger partial charge >= 0.3 is 6.03 Å². The molecule has 3 N–H and O–H groups in total. The summed E-state index contributed by atoms with van der Waals surface area (Å²) in [6, 6.07) is 13.8. The number of hydrogen-bond acceptors (Lipinski definition) is 3. The zero-order valence-electron chi connectivity index (χ0n) is 16.0. The van der Waals surface area contributed by atoms with Crippen molar-refractivity contribution in [3.63, 3.8) is 0 Å². The maximum atomic E-state index is 12.4. The van der Waals surface area contributed by atoms with E-state index in [4.69, 9.17) is 0 Å². The van der Waals surface area contributed by atoms with E-state index in [1.807, 2.05) is 13.8 Å². The Morgan fingerprint density at radius 1 is 1.00 bits per heavy atom. The van der Waals surface area contributed by atoms with E-state index in [0.717, 1.165) is 5.69 Å². The Morgan fingerprint density at radius 2 is 1.61 bits per heavy atom. The van der Waals surface area contributed by atoms with Crippen molar-refractivity contribution in [1.82, 2.24) is 5.32 Å². The third-order valence-corrected chi connectivity index (χ3v) is 4.32. The van der Waals surface area contributed by atoms with Gasteiger partial charge in [-0.2, -0.15) is 0 Å². The highest BCUT2D eigenvalue weighted by Crippen LogP contribution is 2.19. The standard InChI is InChI=1S/C21H24N4O3/c1-14(2)13-19(26)23-16-5-7-17(8-6-16)24-20(27)15-3-9-18(10-4-15)25-12-11-22-21(25)28/h3-10,14H,11-13H2,1-2H3,(H,22,28)(H,23,26)(H,24,27). The Morgan fingerprint density at radius 3 is 2.14 bits per heavy atom. The molecule has 1 aliphatic rings. The van der Waals surface area contributed by atoms with Crippen LogP contribution in [0.4, 0.5) is 21.9 Å². The lowest BCUT2D eigenvalue weighted by Gasteiger charge is -2.14. The van der Waals surface area contributed by atoms with Crippen molar-refractivity contribution in [2.24, 2.45) is 5.92 Å². The van der Waals surface area contributed by atoms with E-state index in [0.29, 0.717) is 42.4 Å². The Labute approximate surface area is 164 Å². The van der Waals surface area contributed by atoms with Crippen LogP contribution < -0.4 is 20.9 Å². The van der Waals surface area contributed by atoms with Crippen molar-refractivity contribution in [2.75, 3.05) is 28.6 Å². The van der Waals surface area contributed by atoms with E-state index in [9.17, 15) is 14.4 Å². The van der Waals surface area contributed by atoms with Crippen LogP contribution in [0.1, 0.15) is 30.6 Å². The molecular formula is C21H24N4O3. The Bertz CT molecular complexity index is 860. The third kappa shape index (κ3) is 4.88. The number of benzene rings is 2. The average Bonchev–Trinajstić information content (AvgIpc) is 3.08. The van der Waals surface area contributed by atoms with E-state index in [2.05, 4.69) is 16.0 Å². The summed E-state index contributed by atoms with van der Waals surface area (Å²) in [7, 11) is 0. The molecule has 7 heteroatoms. The van der Waals surface area contributed by atoms with Gasteiger partial charge in [-0.3, -0.25) is 14.5 Å². The molecule has 2 aromatic rings. The molecule has 0 unspecified atom stereocenters. The quantitative estimate of drug-likeness (QED) is 0.717. The van der Waals surface area contributed by atoms with Gasteiger partial charge in [0.2, 0.25) is 5.91 Å². The number of nitrogens with zero attached hydrogens (tertiary/aromatic N) is 1. The highest BCUT2D eigenvalue weighted by atomic mass is 16.2. The van der Waals surface area contributed by atoms with Crippen LogP contribution in [0.5, 0.6) is 0 Å². The molecule has 1 heterocycles. The van der Waals surface area contributed by atoms with Gasteiger partial charge in [-0.25, -0.2) is 4.79 Å². The minimum atomic E-state index is -0.242. The largest absolute Gasteiger partial charge is 0.336 e. The minimum Gasteiger partial charge on any atom is -0.336 e. The van der Waals surface area contributed by atoms with Crippen LogP contribution in [0.3, 0.4) is 0 Å². The average molecular weight is 380 g/mol. The molecule has 1 fully saturated rings. The molecule has 1 aliphatic heterocycles. The van der Waals surface area contributed by atoms with Crippen molar-refractivity contribution in [3.8, 4) is 0 Å². The maximum Gasteiger partial charge on any atom is 0.321 e. The molecule has 2 aromatic carbocycles. The summed E-state index contributed by atoms with van der Waals surface area (Å²) in [5.74, 6) is 0.0254. The molecule has 0 aromatic heterocycles. The first-order valence-corrected chi connectivity index (χ1v) is 9.29. The molecule has 0 bridgehead atoms. The topological polar surface area (TPSA) is 90.5 Å². The summed E-state index contributed by atoms with van der Waals surface area (Å²) in [6.07, 6.45) is 0.466. The zero-order valence-corrected chi connectivity index (χ0v) is 16.0. The molecule has 1 saturated heterocycles. The van der Waals surface area contributed by atoms with Crippen LogP contribution in [0.15, 0.2) is 48.5 Å². The molecule has 3 rings (SSSR count). The molecule has 0 aliphatic carbocycles. The predicted molar refractivity (Wildman–Crippen MR) is 110 cm³/mol. The monoisotopic (exact) mass is 380 g/mol. The number of carbonyl (C=O) groups excluding carboxylic acids is 3. The zero-order chi connectivity index (χ0) is 20.1.